The van der Waals surface area contributed by atoms with Crippen LogP contribution in [0.1, 0.15) is 17.0 Å². The van der Waals surface area contributed by atoms with E-state index >= 15 is 0 Å². The summed E-state index contributed by atoms with van der Waals surface area (Å²) in [6.45, 7) is 0.511. The average Bonchev–Trinajstić information content (AvgIpc) is 2.48. The minimum Gasteiger partial charge on any atom is -0.489 e. The molecule has 98 valence electrons. The topological polar surface area (TPSA) is 26.3 Å². The van der Waals surface area contributed by atoms with Gasteiger partial charge in [0, 0.05) is 5.88 Å². The van der Waals surface area contributed by atoms with Crippen LogP contribution in [0.2, 0.25) is 0 Å². The third-order valence-electron chi connectivity index (χ3n) is 2.87. The quantitative estimate of drug-likeness (QED) is 0.592. The van der Waals surface area contributed by atoms with E-state index in [1.807, 2.05) is 54.6 Å². The molecule has 0 aliphatic rings. The van der Waals surface area contributed by atoms with Gasteiger partial charge >= 0.3 is 0 Å². The van der Waals surface area contributed by atoms with Crippen molar-refractivity contribution in [3.05, 3.63) is 65.7 Å². The van der Waals surface area contributed by atoms with E-state index in [1.54, 1.807) is 0 Å². The summed E-state index contributed by atoms with van der Waals surface area (Å²) in [5.74, 6) is 0.756. The van der Waals surface area contributed by atoms with Gasteiger partial charge in [-0.25, -0.2) is 0 Å². The normalized spacial score (nSPS) is 11.8. The first-order chi connectivity index (χ1) is 9.33. The molecule has 0 radical (unpaired) electrons. The zero-order valence-electron chi connectivity index (χ0n) is 10.5. The molecule has 0 saturated heterocycles. The van der Waals surface area contributed by atoms with Crippen molar-refractivity contribution in [2.45, 2.75) is 12.5 Å². The fourth-order valence-corrected chi connectivity index (χ4v) is 2.03. The predicted octanol–water partition coefficient (Wildman–Crippen LogP) is 3.79. The molecule has 0 N–H and O–H groups in total. The lowest BCUT2D eigenvalue weighted by atomic mass is 10.0. The first kappa shape index (κ1) is 13.6. The Bertz CT molecular complexity index is 525. The summed E-state index contributed by atoms with van der Waals surface area (Å²) in [6.07, 6.45) is 0.864. The molecule has 2 rings (SSSR count). The number of carbonyl (C=O) groups excluding carboxylic acids is 1. The SMILES string of the molecule is O=CC(CCl)c1cccc(OCc2ccccc2)c1. The number of hydrogen-bond donors (Lipinski definition) is 0. The molecule has 0 fully saturated rings. The molecule has 2 aromatic rings. The van der Waals surface area contributed by atoms with E-state index in [0.29, 0.717) is 6.61 Å². The summed E-state index contributed by atoms with van der Waals surface area (Å²) in [7, 11) is 0. The molecule has 2 nitrogen and oxygen atoms in total. The smallest absolute Gasteiger partial charge is 0.128 e. The van der Waals surface area contributed by atoms with Gasteiger partial charge in [0.25, 0.3) is 0 Å². The maximum atomic E-state index is 10.9. The van der Waals surface area contributed by atoms with E-state index in [4.69, 9.17) is 16.3 Å². The second-order valence-electron chi connectivity index (χ2n) is 4.24. The van der Waals surface area contributed by atoms with Gasteiger partial charge in [-0.2, -0.15) is 0 Å². The highest BCUT2D eigenvalue weighted by Crippen LogP contribution is 2.21. The number of alkyl halides is 1. The standard InChI is InChI=1S/C16H15ClO2/c17-10-15(11-18)14-7-4-8-16(9-14)19-12-13-5-2-1-3-6-13/h1-9,11,15H,10,12H2. The molecule has 0 spiro atoms. The highest BCUT2D eigenvalue weighted by atomic mass is 35.5. The van der Waals surface area contributed by atoms with Crippen LogP contribution in [0.15, 0.2) is 54.6 Å². The largest absolute Gasteiger partial charge is 0.489 e. The van der Waals surface area contributed by atoms with E-state index < -0.39 is 0 Å². The zero-order valence-corrected chi connectivity index (χ0v) is 11.2. The second kappa shape index (κ2) is 6.95. The molecular weight excluding hydrogens is 260 g/mol. The Balaban J connectivity index is 2.05. The third kappa shape index (κ3) is 3.83. The Morgan fingerprint density at radius 1 is 1.11 bits per heavy atom. The number of aldehydes is 1. The fraction of sp³-hybridized carbons (Fsp3) is 0.188. The fourth-order valence-electron chi connectivity index (χ4n) is 1.78. The van der Waals surface area contributed by atoms with Crippen LogP contribution in [0.5, 0.6) is 5.75 Å². The van der Waals surface area contributed by atoms with Gasteiger partial charge in [0.15, 0.2) is 0 Å². The minimum atomic E-state index is -0.276. The summed E-state index contributed by atoms with van der Waals surface area (Å²) in [6, 6.07) is 17.4. The Labute approximate surface area is 118 Å². The lowest BCUT2D eigenvalue weighted by molar-refractivity contribution is -0.108. The van der Waals surface area contributed by atoms with Crippen molar-refractivity contribution in [3.8, 4) is 5.75 Å². The average molecular weight is 275 g/mol. The Morgan fingerprint density at radius 2 is 1.89 bits per heavy atom. The van der Waals surface area contributed by atoms with Gasteiger partial charge in [-0.15, -0.1) is 11.6 Å². The Hall–Kier alpha value is -1.80. The molecule has 1 atom stereocenters. The van der Waals surface area contributed by atoms with Crippen LogP contribution in [0.3, 0.4) is 0 Å². The van der Waals surface area contributed by atoms with Crippen molar-refractivity contribution in [2.24, 2.45) is 0 Å². The van der Waals surface area contributed by atoms with Crippen molar-refractivity contribution in [1.29, 1.82) is 0 Å². The molecule has 3 heteroatoms. The van der Waals surface area contributed by atoms with Gasteiger partial charge in [-0.1, -0.05) is 42.5 Å². The highest BCUT2D eigenvalue weighted by Gasteiger charge is 2.09. The maximum Gasteiger partial charge on any atom is 0.128 e. The van der Waals surface area contributed by atoms with Crippen LogP contribution < -0.4 is 4.74 Å². The number of benzene rings is 2. The molecule has 1 unspecified atom stereocenters. The van der Waals surface area contributed by atoms with E-state index in [0.717, 1.165) is 23.2 Å². The van der Waals surface area contributed by atoms with Gasteiger partial charge in [0.2, 0.25) is 0 Å². The third-order valence-corrected chi connectivity index (χ3v) is 3.20. The Kier molecular flexibility index (Phi) is 4.99. The van der Waals surface area contributed by atoms with E-state index in [2.05, 4.69) is 0 Å². The van der Waals surface area contributed by atoms with Gasteiger partial charge in [-0.05, 0) is 23.3 Å². The van der Waals surface area contributed by atoms with E-state index in [-0.39, 0.29) is 11.8 Å². The molecule has 0 aliphatic heterocycles. The number of halogens is 1. The molecule has 0 saturated carbocycles. The molecule has 0 bridgehead atoms. The molecule has 2 aromatic carbocycles. The van der Waals surface area contributed by atoms with Gasteiger partial charge in [0.1, 0.15) is 18.6 Å². The maximum absolute atomic E-state index is 10.9. The van der Waals surface area contributed by atoms with Crippen LogP contribution in [0, 0.1) is 0 Å². The highest BCUT2D eigenvalue weighted by molar-refractivity contribution is 6.19. The lowest BCUT2D eigenvalue weighted by Gasteiger charge is -2.10. The summed E-state index contributed by atoms with van der Waals surface area (Å²) in [5.41, 5.74) is 1.99. The van der Waals surface area contributed by atoms with Crippen molar-refractivity contribution < 1.29 is 9.53 Å². The van der Waals surface area contributed by atoms with Crippen molar-refractivity contribution in [3.63, 3.8) is 0 Å². The monoisotopic (exact) mass is 274 g/mol. The number of carbonyl (C=O) groups is 1. The summed E-state index contributed by atoms with van der Waals surface area (Å²) in [4.78, 5) is 10.9. The molecule has 0 aliphatic carbocycles. The number of ether oxygens (including phenoxy) is 1. The first-order valence-corrected chi connectivity index (χ1v) is 6.65. The zero-order chi connectivity index (χ0) is 13.5. The summed E-state index contributed by atoms with van der Waals surface area (Å²) >= 11 is 5.76. The van der Waals surface area contributed by atoms with Gasteiger partial charge in [0.05, 0.1) is 5.92 Å². The Morgan fingerprint density at radius 3 is 2.58 bits per heavy atom. The van der Waals surface area contributed by atoms with Crippen molar-refractivity contribution in [2.75, 3.05) is 5.88 Å². The molecule has 0 amide bonds. The predicted molar refractivity (Wildman–Crippen MR) is 76.7 cm³/mol. The van der Waals surface area contributed by atoms with Crippen LogP contribution in [0.4, 0.5) is 0 Å². The van der Waals surface area contributed by atoms with E-state index in [1.165, 1.54) is 0 Å². The first-order valence-electron chi connectivity index (χ1n) is 6.11. The summed E-state index contributed by atoms with van der Waals surface area (Å²) in [5, 5.41) is 0. The van der Waals surface area contributed by atoms with Crippen LogP contribution >= 0.6 is 11.6 Å². The van der Waals surface area contributed by atoms with Crippen LogP contribution in [0.25, 0.3) is 0 Å². The van der Waals surface area contributed by atoms with E-state index in [9.17, 15) is 4.79 Å². The summed E-state index contributed by atoms with van der Waals surface area (Å²) < 4.78 is 5.71. The minimum absolute atomic E-state index is 0.276. The van der Waals surface area contributed by atoms with Crippen molar-refractivity contribution >= 4 is 17.9 Å². The van der Waals surface area contributed by atoms with Gasteiger partial charge < -0.3 is 9.53 Å². The lowest BCUT2D eigenvalue weighted by Crippen LogP contribution is -2.02. The molecule has 19 heavy (non-hydrogen) atoms. The van der Waals surface area contributed by atoms with Gasteiger partial charge in [-0.3, -0.25) is 0 Å². The molecular formula is C16H15ClO2. The molecule has 0 heterocycles. The molecule has 0 aromatic heterocycles. The second-order valence-corrected chi connectivity index (χ2v) is 4.55. The number of rotatable bonds is 6. The van der Waals surface area contributed by atoms with Crippen LogP contribution in [-0.4, -0.2) is 12.2 Å². The number of hydrogen-bond acceptors (Lipinski definition) is 2. The van der Waals surface area contributed by atoms with Crippen LogP contribution in [-0.2, 0) is 11.4 Å². The van der Waals surface area contributed by atoms with Crippen molar-refractivity contribution in [1.82, 2.24) is 0 Å².